The first-order valence-corrected chi connectivity index (χ1v) is 8.53. The number of aromatic nitrogens is 1. The predicted octanol–water partition coefficient (Wildman–Crippen LogP) is 5.48. The lowest BCUT2D eigenvalue weighted by Crippen LogP contribution is -2.19. The molecule has 2 aromatic heterocycles. The summed E-state index contributed by atoms with van der Waals surface area (Å²) in [5.74, 6) is 0. The smallest absolute Gasteiger partial charge is 0.308 e. The number of rotatable bonds is 3. The number of benzene rings is 1. The van der Waals surface area contributed by atoms with Crippen molar-refractivity contribution >= 4 is 51.1 Å². The lowest BCUT2D eigenvalue weighted by Gasteiger charge is -2.05. The Morgan fingerprint density at radius 1 is 1.14 bits per heavy atom. The van der Waals surface area contributed by atoms with Gasteiger partial charge in [0.15, 0.2) is 5.13 Å². The van der Waals surface area contributed by atoms with Gasteiger partial charge in [-0.3, -0.25) is 5.32 Å². The maximum atomic E-state index is 11.9. The zero-order chi connectivity index (χ0) is 15.5. The number of carbonyl (C=O) groups excluding carboxylic acids is 1. The number of halogens is 1. The van der Waals surface area contributed by atoms with E-state index >= 15 is 0 Å². The molecule has 0 spiro atoms. The number of anilines is 2. The minimum Gasteiger partial charge on any atom is -0.308 e. The summed E-state index contributed by atoms with van der Waals surface area (Å²) in [5.41, 5.74) is 1.55. The lowest BCUT2D eigenvalue weighted by atomic mass is 10.3. The molecule has 0 aliphatic heterocycles. The second-order valence-electron chi connectivity index (χ2n) is 4.53. The summed E-state index contributed by atoms with van der Waals surface area (Å²) < 4.78 is 0. The van der Waals surface area contributed by atoms with Gasteiger partial charge in [0.2, 0.25) is 0 Å². The second kappa shape index (κ2) is 6.48. The predicted molar refractivity (Wildman–Crippen MR) is 94.3 cm³/mol. The van der Waals surface area contributed by atoms with Crippen molar-refractivity contribution in [2.24, 2.45) is 0 Å². The molecule has 0 aliphatic carbocycles. The summed E-state index contributed by atoms with van der Waals surface area (Å²) >= 11 is 8.88. The monoisotopic (exact) mass is 349 g/mol. The second-order valence-corrected chi connectivity index (χ2v) is 7.12. The Bertz CT molecular complexity index is 795. The van der Waals surface area contributed by atoms with Crippen molar-refractivity contribution in [1.82, 2.24) is 4.98 Å². The van der Waals surface area contributed by atoms with E-state index in [1.807, 2.05) is 11.4 Å². The number of amides is 2. The van der Waals surface area contributed by atoms with Gasteiger partial charge in [0.05, 0.1) is 10.6 Å². The highest BCUT2D eigenvalue weighted by molar-refractivity contribution is 7.17. The minimum atomic E-state index is -0.328. The van der Waals surface area contributed by atoms with Crippen LogP contribution in [-0.4, -0.2) is 11.0 Å². The first kappa shape index (κ1) is 15.0. The van der Waals surface area contributed by atoms with E-state index < -0.39 is 0 Å². The summed E-state index contributed by atoms with van der Waals surface area (Å²) in [7, 11) is 0. The highest BCUT2D eigenvalue weighted by Crippen LogP contribution is 2.30. The van der Waals surface area contributed by atoms with Crippen molar-refractivity contribution in [2.75, 3.05) is 10.6 Å². The van der Waals surface area contributed by atoms with Crippen LogP contribution in [-0.2, 0) is 0 Å². The quantitative estimate of drug-likeness (QED) is 0.658. The molecule has 0 radical (unpaired) electrons. The molecule has 3 rings (SSSR count). The van der Waals surface area contributed by atoms with Crippen LogP contribution in [0, 0.1) is 6.92 Å². The van der Waals surface area contributed by atoms with Gasteiger partial charge in [-0.1, -0.05) is 11.6 Å². The van der Waals surface area contributed by atoms with Crippen LogP contribution in [0.4, 0.5) is 15.6 Å². The van der Waals surface area contributed by atoms with Gasteiger partial charge in [-0.05, 0) is 43.3 Å². The van der Waals surface area contributed by atoms with Crippen molar-refractivity contribution in [1.29, 1.82) is 0 Å². The number of carbonyl (C=O) groups is 1. The van der Waals surface area contributed by atoms with Crippen LogP contribution in [0.5, 0.6) is 0 Å². The van der Waals surface area contributed by atoms with Crippen molar-refractivity contribution in [3.8, 4) is 10.6 Å². The van der Waals surface area contributed by atoms with E-state index in [-0.39, 0.29) is 6.03 Å². The van der Waals surface area contributed by atoms with Gasteiger partial charge in [0.1, 0.15) is 0 Å². The third kappa shape index (κ3) is 3.65. The van der Waals surface area contributed by atoms with Crippen LogP contribution in [0.1, 0.15) is 4.88 Å². The van der Waals surface area contributed by atoms with Gasteiger partial charge >= 0.3 is 6.03 Å². The number of hydrogen-bond acceptors (Lipinski definition) is 4. The molecule has 1 aromatic carbocycles. The molecule has 4 nitrogen and oxygen atoms in total. The number of urea groups is 1. The molecule has 22 heavy (non-hydrogen) atoms. The Labute approximate surface area is 140 Å². The first-order valence-electron chi connectivity index (χ1n) is 6.46. The molecule has 0 saturated carbocycles. The molecule has 3 aromatic rings. The molecule has 0 saturated heterocycles. The highest BCUT2D eigenvalue weighted by atomic mass is 35.5. The third-order valence-corrected chi connectivity index (χ3v) is 4.85. The van der Waals surface area contributed by atoms with Gasteiger partial charge in [-0.25, -0.2) is 9.78 Å². The van der Waals surface area contributed by atoms with Crippen LogP contribution < -0.4 is 10.6 Å². The standard InChI is InChI=1S/C15H12ClN3OS2/c1-9-2-7-13(22-9)12-8-21-15(18-12)19-14(20)17-11-5-3-10(16)4-6-11/h2-8H,1H3,(H2,17,18,19,20). The zero-order valence-electron chi connectivity index (χ0n) is 11.6. The van der Waals surface area contributed by atoms with Gasteiger partial charge in [0, 0.05) is 21.0 Å². The average molecular weight is 350 g/mol. The zero-order valence-corrected chi connectivity index (χ0v) is 14.0. The first-order chi connectivity index (χ1) is 10.6. The molecule has 0 unspecified atom stereocenters. The Kier molecular flexibility index (Phi) is 4.42. The largest absolute Gasteiger partial charge is 0.325 e. The van der Waals surface area contributed by atoms with E-state index in [1.165, 1.54) is 16.2 Å². The molecule has 0 atom stereocenters. The molecule has 112 valence electrons. The van der Waals surface area contributed by atoms with E-state index in [2.05, 4.69) is 28.6 Å². The fourth-order valence-electron chi connectivity index (χ4n) is 1.81. The summed E-state index contributed by atoms with van der Waals surface area (Å²) in [6.07, 6.45) is 0. The number of nitrogens with one attached hydrogen (secondary N) is 2. The van der Waals surface area contributed by atoms with Crippen LogP contribution >= 0.6 is 34.3 Å². The summed E-state index contributed by atoms with van der Waals surface area (Å²) in [6.45, 7) is 2.05. The lowest BCUT2D eigenvalue weighted by molar-refractivity contribution is 0.262. The SMILES string of the molecule is Cc1ccc(-c2csc(NC(=O)Nc3ccc(Cl)cc3)n2)s1. The molecule has 0 aliphatic rings. The van der Waals surface area contributed by atoms with Crippen LogP contribution in [0.15, 0.2) is 41.8 Å². The minimum absolute atomic E-state index is 0.328. The molecular weight excluding hydrogens is 338 g/mol. The summed E-state index contributed by atoms with van der Waals surface area (Å²) in [6, 6.07) is 10.7. The fraction of sp³-hybridized carbons (Fsp3) is 0.0667. The summed E-state index contributed by atoms with van der Waals surface area (Å²) in [5, 5.41) is 8.59. The van der Waals surface area contributed by atoms with E-state index in [1.54, 1.807) is 35.6 Å². The molecule has 2 heterocycles. The van der Waals surface area contributed by atoms with E-state index in [0.29, 0.717) is 15.8 Å². The molecule has 7 heteroatoms. The van der Waals surface area contributed by atoms with Gasteiger partial charge in [-0.2, -0.15) is 0 Å². The molecule has 2 N–H and O–H groups in total. The molecule has 0 fully saturated rings. The molecule has 0 bridgehead atoms. The Hall–Kier alpha value is -1.89. The molecule has 2 amide bonds. The maximum absolute atomic E-state index is 11.9. The number of hydrogen-bond donors (Lipinski definition) is 2. The van der Waals surface area contributed by atoms with Crippen molar-refractivity contribution in [2.45, 2.75) is 6.92 Å². The number of nitrogens with zero attached hydrogens (tertiary/aromatic N) is 1. The van der Waals surface area contributed by atoms with Gasteiger partial charge in [0.25, 0.3) is 0 Å². The Morgan fingerprint density at radius 3 is 2.59 bits per heavy atom. The third-order valence-electron chi connectivity index (χ3n) is 2.82. The van der Waals surface area contributed by atoms with Crippen LogP contribution in [0.25, 0.3) is 10.6 Å². The van der Waals surface area contributed by atoms with E-state index in [4.69, 9.17) is 11.6 Å². The topological polar surface area (TPSA) is 54.0 Å². The van der Waals surface area contributed by atoms with Crippen molar-refractivity contribution in [3.63, 3.8) is 0 Å². The average Bonchev–Trinajstić information content (AvgIpc) is 3.10. The van der Waals surface area contributed by atoms with E-state index in [9.17, 15) is 4.79 Å². The van der Waals surface area contributed by atoms with Crippen LogP contribution in [0.2, 0.25) is 5.02 Å². The number of thiophene rings is 1. The maximum Gasteiger partial charge on any atom is 0.325 e. The van der Waals surface area contributed by atoms with Crippen molar-refractivity contribution < 1.29 is 4.79 Å². The van der Waals surface area contributed by atoms with Gasteiger partial charge < -0.3 is 5.32 Å². The summed E-state index contributed by atoms with van der Waals surface area (Å²) in [4.78, 5) is 18.7. The molecular formula is C15H12ClN3OS2. The van der Waals surface area contributed by atoms with Crippen molar-refractivity contribution in [3.05, 3.63) is 51.7 Å². The van der Waals surface area contributed by atoms with E-state index in [0.717, 1.165) is 10.6 Å². The van der Waals surface area contributed by atoms with Gasteiger partial charge in [-0.15, -0.1) is 22.7 Å². The highest BCUT2D eigenvalue weighted by Gasteiger charge is 2.09. The normalized spacial score (nSPS) is 10.5. The number of thiazole rings is 1. The fourth-order valence-corrected chi connectivity index (χ4v) is 3.54. The van der Waals surface area contributed by atoms with Crippen LogP contribution in [0.3, 0.4) is 0 Å². The Morgan fingerprint density at radius 2 is 1.91 bits per heavy atom. The number of aryl methyl sites for hydroxylation is 1. The Balaban J connectivity index is 1.64.